The van der Waals surface area contributed by atoms with Crippen molar-refractivity contribution in [3.8, 4) is 0 Å². The van der Waals surface area contributed by atoms with E-state index in [1.54, 1.807) is 20.8 Å². The fourth-order valence-corrected chi connectivity index (χ4v) is 3.44. The predicted octanol–water partition coefficient (Wildman–Crippen LogP) is 1.09. The molecule has 1 atom stereocenters. The van der Waals surface area contributed by atoms with Gasteiger partial charge in [-0.3, -0.25) is 0 Å². The van der Waals surface area contributed by atoms with Crippen molar-refractivity contribution in [3.05, 3.63) is 17.1 Å². The number of sulfonamides is 1. The molecule has 0 aliphatic carbocycles. The van der Waals surface area contributed by atoms with Gasteiger partial charge in [0.2, 0.25) is 10.0 Å². The van der Waals surface area contributed by atoms with Gasteiger partial charge in [-0.1, -0.05) is 0 Å². The summed E-state index contributed by atoms with van der Waals surface area (Å²) >= 11 is 0. The summed E-state index contributed by atoms with van der Waals surface area (Å²) in [4.78, 5) is 0.0243. The second-order valence-corrected chi connectivity index (χ2v) is 6.00. The van der Waals surface area contributed by atoms with Crippen molar-refractivity contribution in [1.82, 2.24) is 4.72 Å². The number of furan rings is 1. The number of aliphatic hydroxyl groups is 1. The van der Waals surface area contributed by atoms with Gasteiger partial charge in [-0.05, 0) is 27.7 Å². The third-order valence-corrected chi connectivity index (χ3v) is 4.38. The van der Waals surface area contributed by atoms with Crippen LogP contribution in [-0.2, 0) is 21.4 Å². The first-order chi connectivity index (χ1) is 8.83. The number of hydrogen-bond acceptors (Lipinski definition) is 5. The summed E-state index contributed by atoms with van der Waals surface area (Å²) in [6.07, 6.45) is -0.217. The van der Waals surface area contributed by atoms with Crippen LogP contribution in [0.2, 0.25) is 0 Å². The summed E-state index contributed by atoms with van der Waals surface area (Å²) in [5.74, 6) is 0.691. The maximum Gasteiger partial charge on any atom is 0.244 e. The van der Waals surface area contributed by atoms with Crippen molar-refractivity contribution in [2.24, 2.45) is 0 Å². The predicted molar refractivity (Wildman–Crippen MR) is 70.4 cm³/mol. The van der Waals surface area contributed by atoms with E-state index in [4.69, 9.17) is 9.15 Å². The molecule has 1 heterocycles. The molecule has 0 aromatic carbocycles. The van der Waals surface area contributed by atoms with E-state index in [0.717, 1.165) is 0 Å². The van der Waals surface area contributed by atoms with Crippen LogP contribution in [0.15, 0.2) is 9.31 Å². The fraction of sp³-hybridized carbons (Fsp3) is 0.667. The highest BCUT2D eigenvalue weighted by Crippen LogP contribution is 2.26. The molecule has 110 valence electrons. The Balaban J connectivity index is 2.95. The van der Waals surface area contributed by atoms with Crippen LogP contribution < -0.4 is 4.72 Å². The molecule has 1 aromatic rings. The van der Waals surface area contributed by atoms with Crippen LogP contribution in [0.3, 0.4) is 0 Å². The highest BCUT2D eigenvalue weighted by molar-refractivity contribution is 7.89. The van der Waals surface area contributed by atoms with E-state index in [9.17, 15) is 13.5 Å². The first-order valence-corrected chi connectivity index (χ1v) is 7.62. The molecule has 0 amide bonds. The van der Waals surface area contributed by atoms with Gasteiger partial charge in [0, 0.05) is 18.7 Å². The molecule has 0 aliphatic rings. The Bertz CT molecular complexity index is 520. The van der Waals surface area contributed by atoms with E-state index in [-0.39, 0.29) is 29.9 Å². The summed E-state index contributed by atoms with van der Waals surface area (Å²) in [6.45, 7) is 7.14. The molecule has 2 N–H and O–H groups in total. The van der Waals surface area contributed by atoms with E-state index >= 15 is 0 Å². The lowest BCUT2D eigenvalue weighted by atomic mass is 10.2. The van der Waals surface area contributed by atoms with Crippen molar-refractivity contribution >= 4 is 10.0 Å². The van der Waals surface area contributed by atoms with Gasteiger partial charge in [-0.2, -0.15) is 0 Å². The Morgan fingerprint density at radius 2 is 2.00 bits per heavy atom. The zero-order valence-electron chi connectivity index (χ0n) is 11.7. The standard InChI is InChI=1S/C12H21NO5S/c1-5-17-8(2)6-13-19(15,16)12-10(4)18-9(3)11(12)7-14/h8,13-14H,5-7H2,1-4H3. The zero-order chi connectivity index (χ0) is 14.6. The van der Waals surface area contributed by atoms with Gasteiger partial charge in [0.05, 0.1) is 12.7 Å². The molecular formula is C12H21NO5S. The number of aliphatic hydroxyl groups excluding tert-OH is 1. The molecule has 0 fully saturated rings. The molecule has 0 aliphatic heterocycles. The number of aryl methyl sites for hydroxylation is 2. The smallest absolute Gasteiger partial charge is 0.244 e. The van der Waals surface area contributed by atoms with Gasteiger partial charge >= 0.3 is 0 Å². The summed E-state index contributed by atoms with van der Waals surface area (Å²) in [5.41, 5.74) is 0.300. The molecule has 19 heavy (non-hydrogen) atoms. The van der Waals surface area contributed by atoms with Crippen molar-refractivity contribution in [2.45, 2.75) is 45.3 Å². The number of hydrogen-bond donors (Lipinski definition) is 2. The fourth-order valence-electron chi connectivity index (χ4n) is 1.89. The Morgan fingerprint density at radius 1 is 1.37 bits per heavy atom. The molecule has 0 radical (unpaired) electrons. The highest BCUT2D eigenvalue weighted by Gasteiger charge is 2.26. The third-order valence-electron chi connectivity index (χ3n) is 2.76. The van der Waals surface area contributed by atoms with Gasteiger partial charge in [0.15, 0.2) is 0 Å². The summed E-state index contributed by atoms with van der Waals surface area (Å²) in [6, 6.07) is 0. The molecule has 1 unspecified atom stereocenters. The van der Waals surface area contributed by atoms with Gasteiger partial charge in [0.1, 0.15) is 16.4 Å². The highest BCUT2D eigenvalue weighted by atomic mass is 32.2. The van der Waals surface area contributed by atoms with Crippen LogP contribution >= 0.6 is 0 Å². The van der Waals surface area contributed by atoms with Crippen LogP contribution in [0.4, 0.5) is 0 Å². The average molecular weight is 291 g/mol. The topological polar surface area (TPSA) is 88.8 Å². The van der Waals surface area contributed by atoms with Crippen molar-refractivity contribution in [1.29, 1.82) is 0 Å². The van der Waals surface area contributed by atoms with Crippen molar-refractivity contribution in [3.63, 3.8) is 0 Å². The lowest BCUT2D eigenvalue weighted by molar-refractivity contribution is 0.0799. The van der Waals surface area contributed by atoms with Crippen LogP contribution in [0.25, 0.3) is 0 Å². The van der Waals surface area contributed by atoms with Crippen LogP contribution in [0.5, 0.6) is 0 Å². The first-order valence-electron chi connectivity index (χ1n) is 6.14. The monoisotopic (exact) mass is 291 g/mol. The SMILES string of the molecule is CCOC(C)CNS(=O)(=O)c1c(C)oc(C)c1CO. The lowest BCUT2D eigenvalue weighted by Crippen LogP contribution is -2.32. The second-order valence-electron chi connectivity index (χ2n) is 4.30. The first kappa shape index (κ1) is 16.2. The normalized spacial score (nSPS) is 13.7. The van der Waals surface area contributed by atoms with E-state index < -0.39 is 10.0 Å². The lowest BCUT2D eigenvalue weighted by Gasteiger charge is -2.13. The molecule has 1 aromatic heterocycles. The molecule has 6 nitrogen and oxygen atoms in total. The Kier molecular flexibility index (Phi) is 5.54. The van der Waals surface area contributed by atoms with E-state index in [0.29, 0.717) is 17.9 Å². The van der Waals surface area contributed by atoms with Crippen molar-refractivity contribution < 1.29 is 22.7 Å². The Labute approximate surface area is 113 Å². The Morgan fingerprint density at radius 3 is 2.53 bits per heavy atom. The minimum absolute atomic E-state index is 0.0243. The number of rotatable bonds is 7. The molecular weight excluding hydrogens is 270 g/mol. The molecule has 7 heteroatoms. The van der Waals surface area contributed by atoms with Crippen molar-refractivity contribution in [2.75, 3.05) is 13.2 Å². The summed E-state index contributed by atoms with van der Waals surface area (Å²) < 4.78 is 37.4. The maximum atomic E-state index is 12.2. The molecule has 0 bridgehead atoms. The zero-order valence-corrected chi connectivity index (χ0v) is 12.5. The number of nitrogens with one attached hydrogen (secondary N) is 1. The second kappa shape index (κ2) is 6.51. The Hall–Kier alpha value is -0.890. The van der Waals surface area contributed by atoms with E-state index in [1.807, 2.05) is 6.92 Å². The minimum atomic E-state index is -3.71. The van der Waals surface area contributed by atoms with Gasteiger partial charge < -0.3 is 14.3 Å². The molecule has 0 saturated heterocycles. The molecule has 1 rings (SSSR count). The van der Waals surface area contributed by atoms with Gasteiger partial charge in [-0.25, -0.2) is 13.1 Å². The third kappa shape index (κ3) is 3.79. The van der Waals surface area contributed by atoms with Gasteiger partial charge in [0.25, 0.3) is 0 Å². The maximum absolute atomic E-state index is 12.2. The van der Waals surface area contributed by atoms with Crippen LogP contribution in [-0.4, -0.2) is 32.8 Å². The summed E-state index contributed by atoms with van der Waals surface area (Å²) in [5, 5.41) is 9.26. The van der Waals surface area contributed by atoms with Crippen LogP contribution in [0.1, 0.15) is 30.9 Å². The average Bonchev–Trinajstić information content (AvgIpc) is 2.62. The van der Waals surface area contributed by atoms with Gasteiger partial charge in [-0.15, -0.1) is 0 Å². The summed E-state index contributed by atoms with van der Waals surface area (Å²) in [7, 11) is -3.71. The molecule has 0 saturated carbocycles. The quantitative estimate of drug-likeness (QED) is 0.785. The van der Waals surface area contributed by atoms with E-state index in [1.165, 1.54) is 0 Å². The largest absolute Gasteiger partial charge is 0.465 e. The molecule has 0 spiro atoms. The number of ether oxygens (including phenoxy) is 1. The van der Waals surface area contributed by atoms with Crippen LogP contribution in [0, 0.1) is 13.8 Å². The van der Waals surface area contributed by atoms with E-state index in [2.05, 4.69) is 4.72 Å². The minimum Gasteiger partial charge on any atom is -0.465 e.